The molecule has 5 nitrogen and oxygen atoms in total. The van der Waals surface area contributed by atoms with Crippen LogP contribution in [0, 0.1) is 0 Å². The number of carbonyl (C=O) groups excluding carboxylic acids is 1. The van der Waals surface area contributed by atoms with Crippen LogP contribution in [0.15, 0.2) is 65.6 Å². The second-order valence-electron chi connectivity index (χ2n) is 7.68. The van der Waals surface area contributed by atoms with E-state index in [4.69, 9.17) is 4.74 Å². The van der Waals surface area contributed by atoms with Gasteiger partial charge >= 0.3 is 0 Å². The largest absolute Gasteiger partial charge is 0.497 e. The molecule has 4 rings (SSSR count). The highest BCUT2D eigenvalue weighted by Gasteiger charge is 2.36. The van der Waals surface area contributed by atoms with Crippen LogP contribution in [0.3, 0.4) is 0 Å². The van der Waals surface area contributed by atoms with Crippen molar-refractivity contribution >= 4 is 34.1 Å². The van der Waals surface area contributed by atoms with Crippen LogP contribution in [0.1, 0.15) is 10.8 Å². The van der Waals surface area contributed by atoms with Crippen molar-refractivity contribution in [3.05, 3.63) is 66.2 Å². The van der Waals surface area contributed by atoms with E-state index in [1.807, 2.05) is 61.5 Å². The third kappa shape index (κ3) is 3.90. The number of benzene rings is 3. The molecule has 1 aliphatic heterocycles. The van der Waals surface area contributed by atoms with Gasteiger partial charge in [-0.2, -0.15) is 0 Å². The Balaban J connectivity index is 1.86. The SMILES string of the molecule is COc1ccc([C@H]2Sc3cccc4cccc(c34)N(CCN(C)C)C(=O)[C@@H]2O)cc1. The Morgan fingerprint density at radius 1 is 1.07 bits per heavy atom. The highest BCUT2D eigenvalue weighted by atomic mass is 32.2. The molecule has 156 valence electrons. The minimum atomic E-state index is -1.16. The molecule has 1 heterocycles. The van der Waals surface area contributed by atoms with Crippen molar-refractivity contribution in [2.45, 2.75) is 16.2 Å². The number of ether oxygens (including phenoxy) is 1. The number of amides is 1. The number of anilines is 1. The Morgan fingerprint density at radius 3 is 2.43 bits per heavy atom. The first-order valence-electron chi connectivity index (χ1n) is 9.96. The first-order chi connectivity index (χ1) is 14.5. The van der Waals surface area contributed by atoms with Crippen molar-refractivity contribution < 1.29 is 14.6 Å². The van der Waals surface area contributed by atoms with E-state index in [2.05, 4.69) is 18.2 Å². The van der Waals surface area contributed by atoms with Crippen molar-refractivity contribution in [1.29, 1.82) is 0 Å². The molecule has 1 aliphatic rings. The summed E-state index contributed by atoms with van der Waals surface area (Å²) < 4.78 is 5.26. The predicted octanol–water partition coefficient (Wildman–Crippen LogP) is 3.95. The fourth-order valence-electron chi connectivity index (χ4n) is 3.79. The zero-order valence-electron chi connectivity index (χ0n) is 17.4. The molecule has 0 saturated heterocycles. The van der Waals surface area contributed by atoms with Crippen molar-refractivity contribution in [1.82, 2.24) is 4.90 Å². The van der Waals surface area contributed by atoms with E-state index in [0.717, 1.165) is 32.7 Å². The molecule has 1 amide bonds. The Hall–Kier alpha value is -2.54. The molecule has 0 aliphatic carbocycles. The maximum absolute atomic E-state index is 13.5. The number of aliphatic hydroxyl groups excluding tert-OH is 1. The lowest BCUT2D eigenvalue weighted by molar-refractivity contribution is -0.126. The molecule has 30 heavy (non-hydrogen) atoms. The molecular formula is C24H26N2O3S. The minimum absolute atomic E-state index is 0.271. The van der Waals surface area contributed by atoms with Crippen molar-refractivity contribution in [2.24, 2.45) is 0 Å². The fourth-order valence-corrected chi connectivity index (χ4v) is 5.10. The molecule has 0 saturated carbocycles. The van der Waals surface area contributed by atoms with E-state index < -0.39 is 11.4 Å². The molecule has 2 atom stereocenters. The van der Waals surface area contributed by atoms with Gasteiger partial charge < -0.3 is 19.6 Å². The summed E-state index contributed by atoms with van der Waals surface area (Å²) in [5.74, 6) is 0.475. The second kappa shape index (κ2) is 8.68. The van der Waals surface area contributed by atoms with Gasteiger partial charge in [-0.1, -0.05) is 36.4 Å². The van der Waals surface area contributed by atoms with Gasteiger partial charge in [0.1, 0.15) is 11.9 Å². The third-order valence-corrected chi connectivity index (χ3v) is 6.79. The number of methoxy groups -OCH3 is 1. The maximum Gasteiger partial charge on any atom is 0.257 e. The second-order valence-corrected chi connectivity index (χ2v) is 8.86. The van der Waals surface area contributed by atoms with Gasteiger partial charge in [0, 0.05) is 23.4 Å². The molecule has 0 radical (unpaired) electrons. The summed E-state index contributed by atoms with van der Waals surface area (Å²) in [6.45, 7) is 1.22. The highest BCUT2D eigenvalue weighted by molar-refractivity contribution is 7.99. The number of hydrogen-bond acceptors (Lipinski definition) is 5. The zero-order valence-corrected chi connectivity index (χ0v) is 18.2. The lowest BCUT2D eigenvalue weighted by Crippen LogP contribution is -2.45. The van der Waals surface area contributed by atoms with Crippen LogP contribution < -0.4 is 9.64 Å². The fraction of sp³-hybridized carbons (Fsp3) is 0.292. The van der Waals surface area contributed by atoms with E-state index in [1.54, 1.807) is 12.0 Å². The Kier molecular flexibility index (Phi) is 5.99. The van der Waals surface area contributed by atoms with E-state index in [9.17, 15) is 9.90 Å². The molecule has 0 fully saturated rings. The van der Waals surface area contributed by atoms with Crippen LogP contribution in [0.25, 0.3) is 10.8 Å². The van der Waals surface area contributed by atoms with Gasteiger partial charge in [-0.05, 0) is 49.3 Å². The van der Waals surface area contributed by atoms with Gasteiger partial charge in [0.05, 0.1) is 18.0 Å². The lowest BCUT2D eigenvalue weighted by atomic mass is 10.0. The summed E-state index contributed by atoms with van der Waals surface area (Å²) in [6, 6.07) is 19.7. The van der Waals surface area contributed by atoms with Gasteiger partial charge in [-0.3, -0.25) is 4.79 Å². The first-order valence-corrected chi connectivity index (χ1v) is 10.8. The van der Waals surface area contributed by atoms with Crippen LogP contribution >= 0.6 is 11.8 Å². The number of nitrogens with zero attached hydrogens (tertiary/aromatic N) is 2. The summed E-state index contributed by atoms with van der Waals surface area (Å²) >= 11 is 1.54. The van der Waals surface area contributed by atoms with Crippen LogP contribution in [0.2, 0.25) is 0 Å². The zero-order chi connectivity index (χ0) is 21.3. The average molecular weight is 423 g/mol. The monoisotopic (exact) mass is 422 g/mol. The van der Waals surface area contributed by atoms with Gasteiger partial charge in [-0.25, -0.2) is 0 Å². The molecule has 6 heteroatoms. The van der Waals surface area contributed by atoms with Gasteiger partial charge in [0.25, 0.3) is 5.91 Å². The van der Waals surface area contributed by atoms with Crippen LogP contribution in [-0.2, 0) is 4.79 Å². The molecule has 0 bridgehead atoms. The number of likely N-dealkylation sites (N-methyl/N-ethyl adjacent to an activating group) is 1. The normalized spacial score (nSPS) is 19.1. The van der Waals surface area contributed by atoms with E-state index in [-0.39, 0.29) is 5.91 Å². The van der Waals surface area contributed by atoms with Gasteiger partial charge in [0.2, 0.25) is 0 Å². The summed E-state index contributed by atoms with van der Waals surface area (Å²) in [4.78, 5) is 18.3. The molecule has 0 aromatic heterocycles. The number of hydrogen-bond donors (Lipinski definition) is 1. The average Bonchev–Trinajstić information content (AvgIpc) is 2.76. The molecule has 0 spiro atoms. The summed E-state index contributed by atoms with van der Waals surface area (Å²) in [6.07, 6.45) is -1.16. The maximum atomic E-state index is 13.5. The topological polar surface area (TPSA) is 53.0 Å². The van der Waals surface area contributed by atoms with Crippen LogP contribution in [0.4, 0.5) is 5.69 Å². The number of carbonyl (C=O) groups is 1. The Morgan fingerprint density at radius 2 is 1.77 bits per heavy atom. The standard InChI is InChI=1S/C24H26N2O3S/c1-25(2)14-15-26-19-8-4-6-16-7-5-9-20(21(16)19)30-23(22(27)24(26)28)17-10-12-18(29-3)13-11-17/h4-13,22-23,27H,14-15H2,1-3H3/t22-,23-/m1/s1. The first kappa shape index (κ1) is 20.7. The Bertz CT molecular complexity index is 1050. The van der Waals surface area contributed by atoms with E-state index in [0.29, 0.717) is 13.1 Å². The molecule has 3 aromatic rings. The molecular weight excluding hydrogens is 396 g/mol. The molecule has 0 unspecified atom stereocenters. The predicted molar refractivity (Wildman–Crippen MR) is 122 cm³/mol. The summed E-state index contributed by atoms with van der Waals surface area (Å²) in [5.41, 5.74) is 1.75. The summed E-state index contributed by atoms with van der Waals surface area (Å²) in [5, 5.41) is 12.9. The highest BCUT2D eigenvalue weighted by Crippen LogP contribution is 2.46. The lowest BCUT2D eigenvalue weighted by Gasteiger charge is -2.33. The van der Waals surface area contributed by atoms with Crippen LogP contribution in [-0.4, -0.2) is 56.3 Å². The van der Waals surface area contributed by atoms with E-state index in [1.165, 1.54) is 11.8 Å². The number of rotatable bonds is 5. The van der Waals surface area contributed by atoms with E-state index >= 15 is 0 Å². The third-order valence-electron chi connectivity index (χ3n) is 5.41. The number of aliphatic hydroxyl groups is 1. The van der Waals surface area contributed by atoms with Crippen LogP contribution in [0.5, 0.6) is 5.75 Å². The quantitative estimate of drug-likeness (QED) is 0.675. The van der Waals surface area contributed by atoms with Gasteiger partial charge in [0.15, 0.2) is 0 Å². The molecule has 3 aromatic carbocycles. The van der Waals surface area contributed by atoms with Crippen molar-refractivity contribution in [3.8, 4) is 5.75 Å². The Labute approximate surface area is 181 Å². The summed E-state index contributed by atoms with van der Waals surface area (Å²) in [7, 11) is 5.59. The van der Waals surface area contributed by atoms with Crippen molar-refractivity contribution in [3.63, 3.8) is 0 Å². The number of thioether (sulfide) groups is 1. The van der Waals surface area contributed by atoms with Crippen molar-refractivity contribution in [2.75, 3.05) is 39.2 Å². The smallest absolute Gasteiger partial charge is 0.257 e. The molecule has 1 N–H and O–H groups in total. The minimum Gasteiger partial charge on any atom is -0.497 e. The van der Waals surface area contributed by atoms with Gasteiger partial charge in [-0.15, -0.1) is 11.8 Å².